The molecule has 0 radical (unpaired) electrons. The number of hydrogen-bond donors (Lipinski definition) is 2. The number of fused-ring (bicyclic) bond motifs is 1. The molecule has 25 heavy (non-hydrogen) atoms. The summed E-state index contributed by atoms with van der Waals surface area (Å²) in [6.45, 7) is 1.19. The zero-order valence-electron chi connectivity index (χ0n) is 14.2. The van der Waals surface area contributed by atoms with Crippen LogP contribution in [0.3, 0.4) is 0 Å². The summed E-state index contributed by atoms with van der Waals surface area (Å²) in [6, 6.07) is 16.6. The van der Waals surface area contributed by atoms with Gasteiger partial charge in [0.15, 0.2) is 0 Å². The maximum absolute atomic E-state index is 12.8. The first-order valence-electron chi connectivity index (χ1n) is 8.28. The van der Waals surface area contributed by atoms with Crippen molar-refractivity contribution in [2.45, 2.75) is 12.6 Å². The molecule has 0 bridgehead atoms. The van der Waals surface area contributed by atoms with Crippen molar-refractivity contribution in [1.82, 2.24) is 9.88 Å². The van der Waals surface area contributed by atoms with Crippen LogP contribution in [-0.2, 0) is 11.3 Å². The normalized spacial score (nSPS) is 12.2. The molecule has 5 nitrogen and oxygen atoms in total. The molecule has 0 aliphatic rings. The van der Waals surface area contributed by atoms with Crippen LogP contribution in [-0.4, -0.2) is 35.9 Å². The summed E-state index contributed by atoms with van der Waals surface area (Å²) in [4.78, 5) is 12.8. The smallest absolute Gasteiger partial charge is 0.252 e. The second-order valence-corrected chi connectivity index (χ2v) is 5.86. The number of rotatable bonds is 7. The molecule has 3 rings (SSSR count). The Bertz CT molecular complexity index is 843. The third-order valence-corrected chi connectivity index (χ3v) is 4.28. The summed E-state index contributed by atoms with van der Waals surface area (Å²) in [5.74, 6) is -0.196. The molecule has 2 aromatic carbocycles. The summed E-state index contributed by atoms with van der Waals surface area (Å²) in [5.41, 5.74) is 2.47. The largest absolute Gasteiger partial charge is 0.394 e. The van der Waals surface area contributed by atoms with E-state index in [-0.39, 0.29) is 12.5 Å². The summed E-state index contributed by atoms with van der Waals surface area (Å²) in [7, 11) is 1.67. The molecule has 1 aromatic heterocycles. The maximum Gasteiger partial charge on any atom is 0.252 e. The molecule has 130 valence electrons. The van der Waals surface area contributed by atoms with E-state index < -0.39 is 6.04 Å². The lowest BCUT2D eigenvalue weighted by molar-refractivity contribution is 0.0918. The molecule has 3 aromatic rings. The predicted octanol–water partition coefficient (Wildman–Crippen LogP) is 2.75. The summed E-state index contributed by atoms with van der Waals surface area (Å²) in [5, 5.41) is 13.5. The molecule has 1 atom stereocenters. The van der Waals surface area contributed by atoms with Gasteiger partial charge in [0.25, 0.3) is 5.91 Å². The Kier molecular flexibility index (Phi) is 5.48. The van der Waals surface area contributed by atoms with Crippen molar-refractivity contribution in [3.63, 3.8) is 0 Å². The van der Waals surface area contributed by atoms with Crippen molar-refractivity contribution >= 4 is 16.8 Å². The summed E-state index contributed by atoms with van der Waals surface area (Å²) in [6.07, 6.45) is 1.96. The van der Waals surface area contributed by atoms with Crippen LogP contribution in [0.1, 0.15) is 22.0 Å². The van der Waals surface area contributed by atoms with E-state index in [0.29, 0.717) is 12.2 Å². The number of amides is 1. The number of nitrogens with one attached hydrogen (secondary N) is 1. The lowest BCUT2D eigenvalue weighted by atomic mass is 10.1. The quantitative estimate of drug-likeness (QED) is 0.696. The van der Waals surface area contributed by atoms with Gasteiger partial charge in [-0.05, 0) is 23.8 Å². The van der Waals surface area contributed by atoms with Gasteiger partial charge in [-0.15, -0.1) is 0 Å². The number of nitrogens with zero attached hydrogens (tertiary/aromatic N) is 1. The molecule has 2 N–H and O–H groups in total. The van der Waals surface area contributed by atoms with Gasteiger partial charge >= 0.3 is 0 Å². The molecule has 0 saturated heterocycles. The summed E-state index contributed by atoms with van der Waals surface area (Å²) >= 11 is 0. The van der Waals surface area contributed by atoms with Crippen molar-refractivity contribution in [2.24, 2.45) is 0 Å². The minimum absolute atomic E-state index is 0.152. The zero-order chi connectivity index (χ0) is 17.6. The molecule has 0 spiro atoms. The average molecular weight is 338 g/mol. The Hall–Kier alpha value is -2.63. The monoisotopic (exact) mass is 338 g/mol. The molecule has 5 heteroatoms. The Morgan fingerprint density at radius 2 is 1.96 bits per heavy atom. The van der Waals surface area contributed by atoms with Crippen LogP contribution < -0.4 is 5.32 Å². The van der Waals surface area contributed by atoms with Gasteiger partial charge in [0, 0.05) is 36.3 Å². The van der Waals surface area contributed by atoms with Crippen molar-refractivity contribution in [1.29, 1.82) is 0 Å². The molecule has 0 aliphatic carbocycles. The van der Waals surface area contributed by atoms with E-state index in [2.05, 4.69) is 9.88 Å². The predicted molar refractivity (Wildman–Crippen MR) is 97.5 cm³/mol. The number of hydrogen-bond acceptors (Lipinski definition) is 3. The van der Waals surface area contributed by atoms with Gasteiger partial charge in [0.1, 0.15) is 0 Å². The highest BCUT2D eigenvalue weighted by molar-refractivity contribution is 6.06. The highest BCUT2D eigenvalue weighted by atomic mass is 16.5. The SMILES string of the molecule is COCCn1ccc2c(C(=O)N[C@H](CO)c3ccccc3)cccc21. The first-order valence-corrected chi connectivity index (χ1v) is 8.28. The number of benzene rings is 2. The van der Waals surface area contributed by atoms with Crippen LogP contribution in [0.5, 0.6) is 0 Å². The average Bonchev–Trinajstić information content (AvgIpc) is 3.08. The number of ether oxygens (including phenoxy) is 1. The minimum atomic E-state index is -0.431. The van der Waals surface area contributed by atoms with Gasteiger partial charge in [-0.3, -0.25) is 4.79 Å². The number of aliphatic hydroxyl groups is 1. The molecule has 0 fully saturated rings. The van der Waals surface area contributed by atoms with E-state index >= 15 is 0 Å². The van der Waals surface area contributed by atoms with E-state index in [4.69, 9.17) is 4.74 Å². The Labute approximate surface area is 146 Å². The molecule has 1 amide bonds. The Balaban J connectivity index is 1.85. The second-order valence-electron chi connectivity index (χ2n) is 5.86. The van der Waals surface area contributed by atoms with E-state index in [9.17, 15) is 9.90 Å². The first kappa shape index (κ1) is 17.2. The number of methoxy groups -OCH3 is 1. The molecular weight excluding hydrogens is 316 g/mol. The van der Waals surface area contributed by atoms with E-state index in [1.54, 1.807) is 13.2 Å². The van der Waals surface area contributed by atoms with Crippen LogP contribution in [0.4, 0.5) is 0 Å². The zero-order valence-corrected chi connectivity index (χ0v) is 14.2. The van der Waals surface area contributed by atoms with Crippen LogP contribution in [0.2, 0.25) is 0 Å². The van der Waals surface area contributed by atoms with Gasteiger partial charge in [-0.25, -0.2) is 0 Å². The van der Waals surface area contributed by atoms with Gasteiger partial charge in [-0.1, -0.05) is 36.4 Å². The molecule has 0 aliphatic heterocycles. The molecular formula is C20H22N2O3. The van der Waals surface area contributed by atoms with Gasteiger partial charge in [0.05, 0.1) is 19.3 Å². The van der Waals surface area contributed by atoms with Crippen molar-refractivity contribution < 1.29 is 14.6 Å². The topological polar surface area (TPSA) is 63.5 Å². The van der Waals surface area contributed by atoms with E-state index in [0.717, 1.165) is 23.0 Å². The Morgan fingerprint density at radius 1 is 1.16 bits per heavy atom. The number of aromatic nitrogens is 1. The van der Waals surface area contributed by atoms with E-state index in [1.807, 2.05) is 54.7 Å². The lowest BCUT2D eigenvalue weighted by Crippen LogP contribution is -2.30. The van der Waals surface area contributed by atoms with Crippen LogP contribution >= 0.6 is 0 Å². The minimum Gasteiger partial charge on any atom is -0.394 e. The third kappa shape index (κ3) is 3.73. The van der Waals surface area contributed by atoms with Gasteiger partial charge in [-0.2, -0.15) is 0 Å². The fourth-order valence-electron chi connectivity index (χ4n) is 2.96. The molecule has 1 heterocycles. The number of carbonyl (C=O) groups is 1. The van der Waals surface area contributed by atoms with Crippen molar-refractivity contribution in [2.75, 3.05) is 20.3 Å². The standard InChI is InChI=1S/C20H22N2O3/c1-25-13-12-22-11-10-16-17(8-5-9-19(16)22)20(24)21-18(14-23)15-6-3-2-4-7-15/h2-11,18,23H,12-14H2,1H3,(H,21,24)/t18-/m1/s1. The van der Waals surface area contributed by atoms with Gasteiger partial charge < -0.3 is 19.7 Å². The fraction of sp³-hybridized carbons (Fsp3) is 0.250. The number of carbonyl (C=O) groups excluding carboxylic acids is 1. The fourth-order valence-corrected chi connectivity index (χ4v) is 2.96. The molecule has 0 unspecified atom stereocenters. The summed E-state index contributed by atoms with van der Waals surface area (Å²) < 4.78 is 7.20. The van der Waals surface area contributed by atoms with Crippen molar-refractivity contribution in [3.05, 3.63) is 71.9 Å². The third-order valence-electron chi connectivity index (χ3n) is 4.28. The highest BCUT2D eigenvalue weighted by Gasteiger charge is 2.17. The second kappa shape index (κ2) is 7.96. The van der Waals surface area contributed by atoms with Crippen LogP contribution in [0.15, 0.2) is 60.8 Å². The van der Waals surface area contributed by atoms with Crippen molar-refractivity contribution in [3.8, 4) is 0 Å². The molecule has 0 saturated carbocycles. The van der Waals surface area contributed by atoms with Gasteiger partial charge in [0.2, 0.25) is 0 Å². The highest BCUT2D eigenvalue weighted by Crippen LogP contribution is 2.21. The lowest BCUT2D eigenvalue weighted by Gasteiger charge is -2.17. The van der Waals surface area contributed by atoms with Crippen LogP contribution in [0.25, 0.3) is 10.9 Å². The van der Waals surface area contributed by atoms with Crippen LogP contribution in [0, 0.1) is 0 Å². The van der Waals surface area contributed by atoms with E-state index in [1.165, 1.54) is 0 Å². The maximum atomic E-state index is 12.8. The Morgan fingerprint density at radius 3 is 2.68 bits per heavy atom. The first-order chi connectivity index (χ1) is 12.2. The number of aliphatic hydroxyl groups excluding tert-OH is 1.